The highest BCUT2D eigenvalue weighted by atomic mass is 16.5. The summed E-state index contributed by atoms with van der Waals surface area (Å²) in [5.41, 5.74) is 11.6. The van der Waals surface area contributed by atoms with E-state index in [1.54, 1.807) is 10.9 Å². The number of nitrogens with zero attached hydrogens (tertiary/aromatic N) is 6. The van der Waals surface area contributed by atoms with Crippen molar-refractivity contribution < 1.29 is 4.74 Å². The molecule has 7 heteroatoms. The highest BCUT2D eigenvalue weighted by molar-refractivity contribution is 6.12. The van der Waals surface area contributed by atoms with E-state index in [4.69, 9.17) is 9.72 Å². The SMILES string of the molecule is Cc1cc(C)c2c(c1)c1cc(C)cc(C)c1n2-c1ccnc(-n2c3ccccc3c3ccc(Oc4cccc(-n5ccnn5)c4)cc32)c1. The van der Waals surface area contributed by atoms with Crippen molar-refractivity contribution in [2.75, 3.05) is 0 Å². The molecule has 0 atom stereocenters. The van der Waals surface area contributed by atoms with Crippen molar-refractivity contribution in [1.29, 1.82) is 0 Å². The fourth-order valence-electron chi connectivity index (χ4n) is 7.40. The predicted octanol–water partition coefficient (Wildman–Crippen LogP) is 9.88. The van der Waals surface area contributed by atoms with Crippen LogP contribution in [0.5, 0.6) is 11.5 Å². The Hall–Kier alpha value is -6.21. The molecular weight excluding hydrogens is 592 g/mol. The zero-order chi connectivity index (χ0) is 32.5. The van der Waals surface area contributed by atoms with E-state index in [0.717, 1.165) is 44.7 Å². The number of aromatic nitrogens is 6. The van der Waals surface area contributed by atoms with Crippen molar-refractivity contribution in [3.63, 3.8) is 0 Å². The summed E-state index contributed by atoms with van der Waals surface area (Å²) in [5, 5.41) is 12.9. The van der Waals surface area contributed by atoms with Crippen LogP contribution in [0, 0.1) is 27.7 Å². The van der Waals surface area contributed by atoms with Gasteiger partial charge in [0.2, 0.25) is 0 Å². The van der Waals surface area contributed by atoms with Gasteiger partial charge in [-0.05, 0) is 87.4 Å². The molecule has 5 aromatic carbocycles. The summed E-state index contributed by atoms with van der Waals surface area (Å²) in [6.07, 6.45) is 5.40. The number of para-hydroxylation sites is 1. The van der Waals surface area contributed by atoms with Crippen LogP contribution in [-0.2, 0) is 0 Å². The fraction of sp³-hybridized carbons (Fsp3) is 0.0976. The van der Waals surface area contributed by atoms with Crippen molar-refractivity contribution >= 4 is 43.6 Å². The number of hydrogen-bond acceptors (Lipinski definition) is 4. The molecule has 4 heterocycles. The van der Waals surface area contributed by atoms with Crippen LogP contribution in [0.1, 0.15) is 22.3 Å². The molecule has 0 unspecified atom stereocenters. The summed E-state index contributed by atoms with van der Waals surface area (Å²) >= 11 is 0. The van der Waals surface area contributed by atoms with E-state index in [1.807, 2.05) is 42.7 Å². The van der Waals surface area contributed by atoms with E-state index in [-0.39, 0.29) is 0 Å². The maximum atomic E-state index is 6.44. The van der Waals surface area contributed by atoms with Crippen LogP contribution in [-0.4, -0.2) is 29.1 Å². The second-order valence-corrected chi connectivity index (χ2v) is 12.6. The van der Waals surface area contributed by atoms with Crippen LogP contribution in [0.25, 0.3) is 60.8 Å². The fourth-order valence-corrected chi connectivity index (χ4v) is 7.40. The van der Waals surface area contributed by atoms with Crippen molar-refractivity contribution in [2.45, 2.75) is 27.7 Å². The Kier molecular flexibility index (Phi) is 6.24. The molecule has 0 aliphatic heterocycles. The van der Waals surface area contributed by atoms with Gasteiger partial charge in [0.05, 0.1) is 45.8 Å². The van der Waals surface area contributed by atoms with E-state index < -0.39 is 0 Å². The van der Waals surface area contributed by atoms with Gasteiger partial charge in [0.25, 0.3) is 0 Å². The Morgan fingerprint density at radius 1 is 0.542 bits per heavy atom. The Bertz CT molecular complexity index is 2630. The molecule has 0 saturated heterocycles. The zero-order valence-corrected chi connectivity index (χ0v) is 27.1. The lowest BCUT2D eigenvalue weighted by atomic mass is 10.0. The van der Waals surface area contributed by atoms with E-state index in [1.165, 1.54) is 44.1 Å². The zero-order valence-electron chi connectivity index (χ0n) is 27.1. The van der Waals surface area contributed by atoms with Gasteiger partial charge < -0.3 is 9.30 Å². The molecular formula is C41H32N6O. The topological polar surface area (TPSA) is 62.7 Å². The second kappa shape index (κ2) is 10.7. The molecule has 9 rings (SSSR count). The summed E-state index contributed by atoms with van der Waals surface area (Å²) < 4.78 is 12.8. The average Bonchev–Trinajstić information content (AvgIpc) is 3.81. The number of hydrogen-bond donors (Lipinski definition) is 0. The first kappa shape index (κ1) is 28.0. The average molecular weight is 625 g/mol. The highest BCUT2D eigenvalue weighted by Crippen LogP contribution is 2.39. The number of ether oxygens (including phenoxy) is 1. The molecule has 0 amide bonds. The van der Waals surface area contributed by atoms with Crippen LogP contribution in [0.3, 0.4) is 0 Å². The molecule has 0 radical (unpaired) electrons. The predicted molar refractivity (Wildman–Crippen MR) is 193 cm³/mol. The van der Waals surface area contributed by atoms with E-state index in [2.05, 4.69) is 120 Å². The minimum Gasteiger partial charge on any atom is -0.457 e. The molecule has 0 N–H and O–H groups in total. The third kappa shape index (κ3) is 4.39. The standard InChI is InChI=1S/C41H32N6O/c1-25-18-27(3)40-35(20-25)36-21-26(2)19-28(4)41(36)46(40)30-14-15-42-39(23-30)47-37-11-6-5-10-33(37)34-13-12-32(24-38(34)47)48-31-9-7-8-29(22-31)45-17-16-43-44-45/h5-24H,1-4H3. The molecule has 9 aromatic rings. The van der Waals surface area contributed by atoms with Gasteiger partial charge in [-0.3, -0.25) is 4.57 Å². The second-order valence-electron chi connectivity index (χ2n) is 12.6. The van der Waals surface area contributed by atoms with Crippen molar-refractivity contribution in [2.24, 2.45) is 0 Å². The van der Waals surface area contributed by atoms with Gasteiger partial charge in [-0.1, -0.05) is 52.7 Å². The smallest absolute Gasteiger partial charge is 0.139 e. The van der Waals surface area contributed by atoms with Gasteiger partial charge in [-0.2, -0.15) is 0 Å². The van der Waals surface area contributed by atoms with Crippen LogP contribution < -0.4 is 4.74 Å². The molecule has 0 bridgehead atoms. The Balaban J connectivity index is 1.23. The number of fused-ring (bicyclic) bond motifs is 6. The summed E-state index contributed by atoms with van der Waals surface area (Å²) in [4.78, 5) is 4.97. The summed E-state index contributed by atoms with van der Waals surface area (Å²) in [7, 11) is 0. The van der Waals surface area contributed by atoms with Gasteiger partial charge in [-0.25, -0.2) is 9.67 Å². The first-order valence-electron chi connectivity index (χ1n) is 16.1. The Labute approximate surface area is 277 Å². The largest absolute Gasteiger partial charge is 0.457 e. The normalized spacial score (nSPS) is 11.8. The van der Waals surface area contributed by atoms with Crippen LogP contribution in [0.15, 0.2) is 122 Å². The molecule has 0 aliphatic rings. The third-order valence-corrected chi connectivity index (χ3v) is 9.23. The lowest BCUT2D eigenvalue weighted by Crippen LogP contribution is -2.02. The van der Waals surface area contributed by atoms with E-state index in [0.29, 0.717) is 5.75 Å². The molecule has 4 aromatic heterocycles. The molecule has 0 saturated carbocycles. The Morgan fingerprint density at radius 3 is 2.02 bits per heavy atom. The molecule has 48 heavy (non-hydrogen) atoms. The minimum absolute atomic E-state index is 0.715. The number of pyridine rings is 1. The van der Waals surface area contributed by atoms with Gasteiger partial charge >= 0.3 is 0 Å². The summed E-state index contributed by atoms with van der Waals surface area (Å²) in [5.74, 6) is 2.29. The van der Waals surface area contributed by atoms with E-state index in [9.17, 15) is 0 Å². The quantitative estimate of drug-likeness (QED) is 0.191. The number of benzene rings is 5. The van der Waals surface area contributed by atoms with Crippen molar-refractivity contribution in [3.8, 4) is 28.7 Å². The van der Waals surface area contributed by atoms with Gasteiger partial charge in [-0.15, -0.1) is 5.10 Å². The van der Waals surface area contributed by atoms with Crippen LogP contribution in [0.2, 0.25) is 0 Å². The number of rotatable bonds is 5. The van der Waals surface area contributed by atoms with Gasteiger partial charge in [0.15, 0.2) is 0 Å². The van der Waals surface area contributed by atoms with Gasteiger partial charge in [0.1, 0.15) is 17.3 Å². The lowest BCUT2D eigenvalue weighted by Gasteiger charge is -2.14. The molecule has 7 nitrogen and oxygen atoms in total. The van der Waals surface area contributed by atoms with Crippen molar-refractivity contribution in [1.82, 2.24) is 29.1 Å². The first-order valence-corrected chi connectivity index (χ1v) is 16.1. The highest BCUT2D eigenvalue weighted by Gasteiger charge is 2.19. The minimum atomic E-state index is 0.715. The molecule has 232 valence electrons. The summed E-state index contributed by atoms with van der Waals surface area (Å²) in [6.45, 7) is 8.78. The number of aryl methyl sites for hydroxylation is 4. The van der Waals surface area contributed by atoms with Gasteiger partial charge in [0, 0.05) is 45.9 Å². The molecule has 0 aliphatic carbocycles. The third-order valence-electron chi connectivity index (χ3n) is 9.23. The van der Waals surface area contributed by atoms with E-state index >= 15 is 0 Å². The lowest BCUT2D eigenvalue weighted by molar-refractivity contribution is 0.482. The van der Waals surface area contributed by atoms with Crippen LogP contribution in [0.4, 0.5) is 0 Å². The molecule has 0 fully saturated rings. The maximum absolute atomic E-state index is 6.44. The first-order chi connectivity index (χ1) is 23.4. The van der Waals surface area contributed by atoms with Crippen molar-refractivity contribution in [3.05, 3.63) is 144 Å². The molecule has 0 spiro atoms. The Morgan fingerprint density at radius 2 is 1.27 bits per heavy atom. The van der Waals surface area contributed by atoms with Crippen LogP contribution >= 0.6 is 0 Å². The monoisotopic (exact) mass is 624 g/mol. The summed E-state index contributed by atoms with van der Waals surface area (Å²) in [6, 6.07) is 36.1. The maximum Gasteiger partial charge on any atom is 0.139 e.